The molecule has 0 aromatic heterocycles. The lowest BCUT2D eigenvalue weighted by atomic mass is 10.2. The molecule has 0 unspecified atom stereocenters. The van der Waals surface area contributed by atoms with Crippen LogP contribution in [-0.4, -0.2) is 31.5 Å². The van der Waals surface area contributed by atoms with E-state index >= 15 is 0 Å². The summed E-state index contributed by atoms with van der Waals surface area (Å²) >= 11 is 0. The summed E-state index contributed by atoms with van der Waals surface area (Å²) in [7, 11) is 1.56. The maximum Gasteiger partial charge on any atom is 0.160 e. The Morgan fingerprint density at radius 1 is 1.32 bits per heavy atom. The second kappa shape index (κ2) is 7.36. The normalized spacial score (nSPS) is 15.8. The second-order valence-electron chi connectivity index (χ2n) is 4.96. The molecule has 2 rings (SSSR count). The quantitative estimate of drug-likeness (QED) is 0.744. The van der Waals surface area contributed by atoms with Gasteiger partial charge in [0.25, 0.3) is 0 Å². The summed E-state index contributed by atoms with van der Waals surface area (Å²) in [4.78, 5) is 0. The maximum atomic E-state index is 9.50. The summed E-state index contributed by atoms with van der Waals surface area (Å²) in [5.74, 6) is 0.692. The SMILES string of the molecule is COc1cc(CNCCOC2CCCC2)ccc1O. The van der Waals surface area contributed by atoms with Crippen LogP contribution in [0.4, 0.5) is 0 Å². The fourth-order valence-electron chi connectivity index (χ4n) is 2.42. The van der Waals surface area contributed by atoms with Crippen LogP contribution in [-0.2, 0) is 11.3 Å². The molecule has 0 heterocycles. The summed E-state index contributed by atoms with van der Waals surface area (Å²) in [5.41, 5.74) is 1.09. The van der Waals surface area contributed by atoms with Crippen molar-refractivity contribution in [3.63, 3.8) is 0 Å². The Balaban J connectivity index is 1.64. The fraction of sp³-hybridized carbons (Fsp3) is 0.600. The van der Waals surface area contributed by atoms with E-state index in [1.807, 2.05) is 12.1 Å². The van der Waals surface area contributed by atoms with E-state index in [1.165, 1.54) is 25.7 Å². The van der Waals surface area contributed by atoms with Crippen molar-refractivity contribution in [1.29, 1.82) is 0 Å². The molecule has 4 nitrogen and oxygen atoms in total. The van der Waals surface area contributed by atoms with Crippen molar-refractivity contribution >= 4 is 0 Å². The number of ether oxygens (including phenoxy) is 2. The molecule has 0 bridgehead atoms. The number of methoxy groups -OCH3 is 1. The number of hydrogen-bond acceptors (Lipinski definition) is 4. The largest absolute Gasteiger partial charge is 0.504 e. The zero-order valence-electron chi connectivity index (χ0n) is 11.5. The van der Waals surface area contributed by atoms with Gasteiger partial charge in [-0.15, -0.1) is 0 Å². The van der Waals surface area contributed by atoms with Crippen LogP contribution in [0.2, 0.25) is 0 Å². The molecule has 0 amide bonds. The molecular weight excluding hydrogens is 242 g/mol. The van der Waals surface area contributed by atoms with Crippen molar-refractivity contribution in [2.75, 3.05) is 20.3 Å². The molecule has 0 saturated heterocycles. The van der Waals surface area contributed by atoms with Crippen LogP contribution in [0, 0.1) is 0 Å². The third-order valence-electron chi connectivity index (χ3n) is 3.51. The van der Waals surface area contributed by atoms with Gasteiger partial charge in [0.1, 0.15) is 0 Å². The molecule has 1 fully saturated rings. The molecule has 0 spiro atoms. The highest BCUT2D eigenvalue weighted by Crippen LogP contribution is 2.26. The van der Waals surface area contributed by atoms with Crippen molar-refractivity contribution in [3.05, 3.63) is 23.8 Å². The van der Waals surface area contributed by atoms with Crippen LogP contribution in [0.25, 0.3) is 0 Å². The molecule has 0 aliphatic heterocycles. The molecule has 1 aliphatic rings. The summed E-state index contributed by atoms with van der Waals surface area (Å²) < 4.78 is 10.9. The topological polar surface area (TPSA) is 50.7 Å². The zero-order valence-corrected chi connectivity index (χ0v) is 11.5. The Bertz CT molecular complexity index is 389. The first-order valence-electron chi connectivity index (χ1n) is 6.98. The van der Waals surface area contributed by atoms with E-state index < -0.39 is 0 Å². The molecule has 19 heavy (non-hydrogen) atoms. The van der Waals surface area contributed by atoms with Gasteiger partial charge in [-0.1, -0.05) is 18.9 Å². The van der Waals surface area contributed by atoms with Crippen LogP contribution in [0.3, 0.4) is 0 Å². The molecule has 2 N–H and O–H groups in total. The van der Waals surface area contributed by atoms with E-state index in [0.717, 1.165) is 25.3 Å². The van der Waals surface area contributed by atoms with Crippen LogP contribution in [0.15, 0.2) is 18.2 Å². The predicted octanol–water partition coefficient (Wildman–Crippen LogP) is 2.45. The number of phenols is 1. The van der Waals surface area contributed by atoms with Gasteiger partial charge in [0.15, 0.2) is 11.5 Å². The van der Waals surface area contributed by atoms with Gasteiger partial charge < -0.3 is 19.9 Å². The number of benzene rings is 1. The lowest BCUT2D eigenvalue weighted by molar-refractivity contribution is 0.0602. The monoisotopic (exact) mass is 265 g/mol. The van der Waals surface area contributed by atoms with Gasteiger partial charge in [-0.05, 0) is 30.5 Å². The predicted molar refractivity (Wildman–Crippen MR) is 74.6 cm³/mol. The van der Waals surface area contributed by atoms with Gasteiger partial charge in [-0.2, -0.15) is 0 Å². The Morgan fingerprint density at radius 2 is 2.11 bits per heavy atom. The van der Waals surface area contributed by atoms with E-state index in [0.29, 0.717) is 11.9 Å². The van der Waals surface area contributed by atoms with Crippen LogP contribution in [0.5, 0.6) is 11.5 Å². The van der Waals surface area contributed by atoms with Crippen LogP contribution in [0.1, 0.15) is 31.2 Å². The fourth-order valence-corrected chi connectivity index (χ4v) is 2.42. The summed E-state index contributed by atoms with van der Waals surface area (Å²) in [6, 6.07) is 5.40. The lowest BCUT2D eigenvalue weighted by Gasteiger charge is -2.12. The van der Waals surface area contributed by atoms with E-state index in [-0.39, 0.29) is 5.75 Å². The number of nitrogens with one attached hydrogen (secondary N) is 1. The molecule has 1 saturated carbocycles. The summed E-state index contributed by atoms with van der Waals surface area (Å²) in [5, 5.41) is 12.8. The van der Waals surface area contributed by atoms with Crippen molar-refractivity contribution in [3.8, 4) is 11.5 Å². The standard InChI is InChI=1S/C15H23NO3/c1-18-15-10-12(6-7-14(15)17)11-16-8-9-19-13-4-2-3-5-13/h6-7,10,13,16-17H,2-5,8-9,11H2,1H3. The smallest absolute Gasteiger partial charge is 0.160 e. The third kappa shape index (κ3) is 4.40. The minimum atomic E-state index is 0.177. The molecule has 1 aliphatic carbocycles. The molecular formula is C15H23NO3. The minimum Gasteiger partial charge on any atom is -0.504 e. The number of hydrogen-bond donors (Lipinski definition) is 2. The van der Waals surface area contributed by atoms with Gasteiger partial charge in [0, 0.05) is 13.1 Å². The maximum absolute atomic E-state index is 9.50. The highest BCUT2D eigenvalue weighted by atomic mass is 16.5. The first kappa shape index (κ1) is 14.2. The number of aromatic hydroxyl groups is 1. The molecule has 1 aromatic rings. The summed E-state index contributed by atoms with van der Waals surface area (Å²) in [6.45, 7) is 2.37. The van der Waals surface area contributed by atoms with E-state index in [9.17, 15) is 5.11 Å². The van der Waals surface area contributed by atoms with E-state index in [2.05, 4.69) is 5.32 Å². The van der Waals surface area contributed by atoms with Crippen LogP contribution >= 0.6 is 0 Å². The van der Waals surface area contributed by atoms with Crippen LogP contribution < -0.4 is 10.1 Å². The average Bonchev–Trinajstić information content (AvgIpc) is 2.93. The average molecular weight is 265 g/mol. The Labute approximate surface area is 114 Å². The van der Waals surface area contributed by atoms with Gasteiger partial charge in [0.2, 0.25) is 0 Å². The third-order valence-corrected chi connectivity index (χ3v) is 3.51. The van der Waals surface area contributed by atoms with Gasteiger partial charge >= 0.3 is 0 Å². The highest BCUT2D eigenvalue weighted by molar-refractivity contribution is 5.41. The van der Waals surface area contributed by atoms with E-state index in [4.69, 9.17) is 9.47 Å². The number of rotatable bonds is 7. The van der Waals surface area contributed by atoms with E-state index in [1.54, 1.807) is 13.2 Å². The zero-order chi connectivity index (χ0) is 13.5. The molecule has 1 aromatic carbocycles. The first-order chi connectivity index (χ1) is 9.29. The summed E-state index contributed by atoms with van der Waals surface area (Å²) in [6.07, 6.45) is 5.54. The van der Waals surface area contributed by atoms with Gasteiger partial charge in [-0.25, -0.2) is 0 Å². The number of phenolic OH excluding ortho intramolecular Hbond substituents is 1. The molecule has 0 atom stereocenters. The minimum absolute atomic E-state index is 0.177. The Hall–Kier alpha value is -1.26. The Morgan fingerprint density at radius 3 is 2.84 bits per heavy atom. The van der Waals surface area contributed by atoms with Gasteiger partial charge in [-0.3, -0.25) is 0 Å². The molecule has 106 valence electrons. The Kier molecular flexibility index (Phi) is 5.48. The lowest BCUT2D eigenvalue weighted by Crippen LogP contribution is -2.21. The first-order valence-corrected chi connectivity index (χ1v) is 6.98. The highest BCUT2D eigenvalue weighted by Gasteiger charge is 2.14. The van der Waals surface area contributed by atoms with Crippen molar-refractivity contribution < 1.29 is 14.6 Å². The van der Waals surface area contributed by atoms with Gasteiger partial charge in [0.05, 0.1) is 19.8 Å². The molecule has 4 heteroatoms. The van der Waals surface area contributed by atoms with Crippen molar-refractivity contribution in [2.24, 2.45) is 0 Å². The second-order valence-corrected chi connectivity index (χ2v) is 4.96. The van der Waals surface area contributed by atoms with Crippen molar-refractivity contribution in [2.45, 2.75) is 38.3 Å². The molecule has 0 radical (unpaired) electrons. The van der Waals surface area contributed by atoms with Crippen molar-refractivity contribution in [1.82, 2.24) is 5.32 Å².